The number of hydrogen-bond donors (Lipinski definition) is 0. The van der Waals surface area contributed by atoms with Crippen LogP contribution in [-0.2, 0) is 14.0 Å². The molecule has 3 aliphatic carbocycles. The Bertz CT molecular complexity index is 828. The quantitative estimate of drug-likeness (QED) is 0.409. The van der Waals surface area contributed by atoms with Gasteiger partial charge in [-0.25, -0.2) is 6.57 Å². The molecular weight excluding hydrogens is 390 g/mol. The van der Waals surface area contributed by atoms with E-state index in [9.17, 15) is 9.59 Å². The van der Waals surface area contributed by atoms with Crippen molar-refractivity contribution >= 4 is 19.9 Å². The van der Waals surface area contributed by atoms with Crippen molar-refractivity contribution in [2.75, 3.05) is 6.61 Å². The Hall–Kier alpha value is -1.25. The molecule has 0 aromatic carbocycles. The molecule has 5 heteroatoms. The van der Waals surface area contributed by atoms with Crippen molar-refractivity contribution in [1.29, 1.82) is 0 Å². The molecule has 3 rings (SSSR count). The third-order valence-corrected chi connectivity index (χ3v) is 13.6. The van der Waals surface area contributed by atoms with E-state index in [4.69, 9.17) is 11.0 Å². The highest BCUT2D eigenvalue weighted by atomic mass is 28.4. The van der Waals surface area contributed by atoms with Crippen molar-refractivity contribution in [2.45, 2.75) is 97.8 Å². The second-order valence-electron chi connectivity index (χ2n) is 12.3. The first kappa shape index (κ1) is 23.4. The first-order chi connectivity index (χ1) is 13.6. The number of fused-ring (bicyclic) bond motifs is 3. The van der Waals surface area contributed by atoms with Crippen LogP contribution in [0, 0.1) is 28.7 Å². The molecule has 0 spiro atoms. The molecule has 0 heterocycles. The third-order valence-electron chi connectivity index (χ3n) is 9.12. The zero-order valence-electron chi connectivity index (χ0n) is 20.1. The average Bonchev–Trinajstić information content (AvgIpc) is 2.63. The minimum Gasteiger partial charge on any atom is -0.416 e. The lowest BCUT2D eigenvalue weighted by atomic mass is 9.43. The summed E-state index contributed by atoms with van der Waals surface area (Å²) in [6, 6.07) is -0.615. The molecule has 4 nitrogen and oxygen atoms in total. The lowest BCUT2D eigenvalue weighted by Crippen LogP contribution is -2.59. The van der Waals surface area contributed by atoms with Gasteiger partial charge in [0, 0.05) is 35.7 Å². The van der Waals surface area contributed by atoms with E-state index < -0.39 is 19.8 Å². The molecule has 0 aromatic rings. The highest BCUT2D eigenvalue weighted by Crippen LogP contribution is 2.65. The molecule has 1 unspecified atom stereocenters. The van der Waals surface area contributed by atoms with Crippen LogP contribution in [0.1, 0.15) is 73.6 Å². The highest BCUT2D eigenvalue weighted by Gasteiger charge is 2.64. The van der Waals surface area contributed by atoms with Crippen LogP contribution in [0.2, 0.25) is 18.1 Å². The Kier molecular flexibility index (Phi) is 5.57. The molecule has 0 aliphatic heterocycles. The summed E-state index contributed by atoms with van der Waals surface area (Å²) in [5.41, 5.74) is 0.182. The first-order valence-corrected chi connectivity index (χ1v) is 14.3. The fourth-order valence-corrected chi connectivity index (χ4v) is 7.28. The van der Waals surface area contributed by atoms with Gasteiger partial charge in [-0.15, -0.1) is 0 Å². The van der Waals surface area contributed by atoms with E-state index in [-0.39, 0.29) is 33.4 Å². The van der Waals surface area contributed by atoms with Crippen LogP contribution >= 0.6 is 0 Å². The fourth-order valence-electron chi connectivity index (χ4n) is 6.21. The Labute approximate surface area is 183 Å². The number of rotatable bonds is 3. The van der Waals surface area contributed by atoms with Gasteiger partial charge < -0.3 is 9.27 Å². The topological polar surface area (TPSA) is 47.7 Å². The van der Waals surface area contributed by atoms with Gasteiger partial charge in [0.05, 0.1) is 0 Å². The van der Waals surface area contributed by atoms with E-state index in [2.05, 4.69) is 45.6 Å². The molecule has 2 fully saturated rings. The molecule has 0 saturated heterocycles. The van der Waals surface area contributed by atoms with E-state index in [0.717, 1.165) is 19.3 Å². The number of ketones is 2. The van der Waals surface area contributed by atoms with Crippen molar-refractivity contribution in [2.24, 2.45) is 22.2 Å². The first-order valence-electron chi connectivity index (χ1n) is 11.4. The van der Waals surface area contributed by atoms with Crippen LogP contribution in [0.15, 0.2) is 11.6 Å². The van der Waals surface area contributed by atoms with Gasteiger partial charge in [-0.3, -0.25) is 9.59 Å². The molecule has 30 heavy (non-hydrogen) atoms. The van der Waals surface area contributed by atoms with Crippen LogP contribution in [-0.4, -0.2) is 32.5 Å². The van der Waals surface area contributed by atoms with Crippen LogP contribution in [0.3, 0.4) is 0 Å². The summed E-state index contributed by atoms with van der Waals surface area (Å²) >= 11 is 0. The summed E-state index contributed by atoms with van der Waals surface area (Å²) in [6.45, 7) is 25.9. The number of nitrogens with zero attached hydrogens (tertiary/aromatic N) is 1. The van der Waals surface area contributed by atoms with Gasteiger partial charge in [-0.2, -0.15) is 0 Å². The lowest BCUT2D eigenvalue weighted by Gasteiger charge is -2.60. The Balaban J connectivity index is 2.04. The zero-order valence-corrected chi connectivity index (χ0v) is 21.1. The summed E-state index contributed by atoms with van der Waals surface area (Å²) in [4.78, 5) is 29.3. The maximum atomic E-state index is 13.0. The molecule has 2 saturated carbocycles. The Morgan fingerprint density at radius 1 is 1.20 bits per heavy atom. The largest absolute Gasteiger partial charge is 0.416 e. The minimum atomic E-state index is -1.93. The fraction of sp³-hybridized carbons (Fsp3) is 0.800. The SMILES string of the molecule is [C-]#[N+]C1C[C@]2(C)C3=CC(=O)CC[C@]3(CO[Si](C)(C)C(C)(C)C)CC[C@H]2C(C)(C)C1=O. The number of allylic oxidation sites excluding steroid dienone is 1. The number of carbonyl (C=O) groups excluding carboxylic acids is 2. The predicted molar refractivity (Wildman–Crippen MR) is 123 cm³/mol. The molecule has 0 N–H and O–H groups in total. The molecule has 166 valence electrons. The monoisotopic (exact) mass is 429 g/mol. The summed E-state index contributed by atoms with van der Waals surface area (Å²) in [5, 5.41) is 0.132. The average molecular weight is 430 g/mol. The van der Waals surface area contributed by atoms with E-state index in [0.29, 0.717) is 19.4 Å². The second-order valence-corrected chi connectivity index (χ2v) is 17.1. The predicted octanol–water partition coefficient (Wildman–Crippen LogP) is 5.99. The molecule has 0 aromatic heterocycles. The highest BCUT2D eigenvalue weighted by molar-refractivity contribution is 6.74. The van der Waals surface area contributed by atoms with Crippen LogP contribution < -0.4 is 0 Å². The van der Waals surface area contributed by atoms with E-state index in [1.54, 1.807) is 0 Å². The maximum Gasteiger partial charge on any atom is 0.282 e. The van der Waals surface area contributed by atoms with E-state index in [1.165, 1.54) is 5.57 Å². The molecule has 3 aliphatic rings. The number of carbonyl (C=O) groups is 2. The van der Waals surface area contributed by atoms with Gasteiger partial charge in [0.1, 0.15) is 0 Å². The molecular formula is C25H39NO3Si. The van der Waals surface area contributed by atoms with Crippen LogP contribution in [0.25, 0.3) is 4.85 Å². The molecule has 0 radical (unpaired) electrons. The molecule has 0 bridgehead atoms. The van der Waals surface area contributed by atoms with Gasteiger partial charge in [0.25, 0.3) is 6.04 Å². The Morgan fingerprint density at radius 3 is 2.40 bits per heavy atom. The lowest BCUT2D eigenvalue weighted by molar-refractivity contribution is -0.143. The van der Waals surface area contributed by atoms with Crippen molar-refractivity contribution in [3.8, 4) is 0 Å². The van der Waals surface area contributed by atoms with Crippen molar-refractivity contribution in [3.63, 3.8) is 0 Å². The normalized spacial score (nSPS) is 36.4. The van der Waals surface area contributed by atoms with Gasteiger partial charge in [0.15, 0.2) is 14.1 Å². The molecule has 0 amide bonds. The number of hydrogen-bond acceptors (Lipinski definition) is 3. The van der Waals surface area contributed by atoms with Gasteiger partial charge >= 0.3 is 0 Å². The third kappa shape index (κ3) is 3.44. The van der Waals surface area contributed by atoms with E-state index >= 15 is 0 Å². The maximum absolute atomic E-state index is 13.0. The summed E-state index contributed by atoms with van der Waals surface area (Å²) in [5.74, 6) is 0.422. The summed E-state index contributed by atoms with van der Waals surface area (Å²) in [7, 11) is -1.93. The van der Waals surface area contributed by atoms with Gasteiger partial charge in [-0.1, -0.05) is 47.1 Å². The van der Waals surface area contributed by atoms with Crippen LogP contribution in [0.4, 0.5) is 0 Å². The molecule has 4 atom stereocenters. The second kappa shape index (κ2) is 7.13. The Morgan fingerprint density at radius 2 is 1.83 bits per heavy atom. The summed E-state index contributed by atoms with van der Waals surface area (Å²) < 4.78 is 6.74. The number of Topliss-reactive ketones (excluding diaryl/α,β-unsaturated/α-hetero) is 1. The standard InChI is InChI=1S/C25H39NO3Si/c1-22(2,3)30(8,9)29-16-25-12-10-17(27)14-20(25)24(6)15-18(26-7)21(28)23(4,5)19(24)11-13-25/h14,18-19H,10-13,15-16H2,1-6,8-9H3/t18?,19-,24-,25+/m0/s1. The van der Waals surface area contributed by atoms with Gasteiger partial charge in [0.2, 0.25) is 5.78 Å². The van der Waals surface area contributed by atoms with Crippen molar-refractivity contribution in [1.82, 2.24) is 0 Å². The van der Waals surface area contributed by atoms with E-state index in [1.807, 2.05) is 19.9 Å². The van der Waals surface area contributed by atoms with Crippen LogP contribution in [0.5, 0.6) is 0 Å². The van der Waals surface area contributed by atoms with Crippen molar-refractivity contribution in [3.05, 3.63) is 23.1 Å². The minimum absolute atomic E-state index is 0.0766. The smallest absolute Gasteiger partial charge is 0.282 e. The van der Waals surface area contributed by atoms with Crippen molar-refractivity contribution < 1.29 is 14.0 Å². The van der Waals surface area contributed by atoms with Gasteiger partial charge in [-0.05, 0) is 49.4 Å². The zero-order chi connectivity index (χ0) is 22.8. The summed E-state index contributed by atoms with van der Waals surface area (Å²) in [6.07, 6.45) is 5.72.